The molecule has 0 saturated heterocycles. The van der Waals surface area contributed by atoms with Gasteiger partial charge in [-0.15, -0.1) is 0 Å². The van der Waals surface area contributed by atoms with Crippen LogP contribution in [0.5, 0.6) is 0 Å². The van der Waals surface area contributed by atoms with Crippen LogP contribution in [0, 0.1) is 20.8 Å². The summed E-state index contributed by atoms with van der Waals surface area (Å²) >= 11 is 0. The van der Waals surface area contributed by atoms with Crippen LogP contribution in [0.4, 0.5) is 0 Å². The zero-order valence-corrected chi connectivity index (χ0v) is 11.2. The molecule has 0 unspecified atom stereocenters. The number of aryl methyl sites for hydroxylation is 2. The summed E-state index contributed by atoms with van der Waals surface area (Å²) in [6.45, 7) is 15.9. The van der Waals surface area contributed by atoms with Crippen LogP contribution in [-0.4, -0.2) is 0 Å². The monoisotopic (exact) mass is 204 g/mol. The van der Waals surface area contributed by atoms with Crippen molar-refractivity contribution in [3.8, 4) is 0 Å². The van der Waals surface area contributed by atoms with Crippen molar-refractivity contribution in [3.05, 3.63) is 33.9 Å². The molecule has 0 N–H and O–H groups in total. The molecule has 0 nitrogen and oxygen atoms in total. The molecular weight excluding hydrogens is 180 g/mol. The second-order valence-corrected chi connectivity index (χ2v) is 5.27. The minimum atomic E-state index is 0.628. The molecule has 15 heavy (non-hydrogen) atoms. The second kappa shape index (κ2) is 4.38. The minimum absolute atomic E-state index is 0.628. The van der Waals surface area contributed by atoms with Gasteiger partial charge in [-0.05, 0) is 60.4 Å². The average Bonchev–Trinajstić information content (AvgIpc) is 1.99. The van der Waals surface area contributed by atoms with Crippen LogP contribution < -0.4 is 0 Å². The van der Waals surface area contributed by atoms with Crippen molar-refractivity contribution in [2.45, 2.75) is 60.3 Å². The van der Waals surface area contributed by atoms with Gasteiger partial charge in [0.1, 0.15) is 0 Å². The van der Waals surface area contributed by atoms with Crippen LogP contribution in [0.3, 0.4) is 0 Å². The second-order valence-electron chi connectivity index (χ2n) is 5.27. The largest absolute Gasteiger partial charge is 0.0587 e. The molecule has 0 aliphatic rings. The van der Waals surface area contributed by atoms with E-state index in [0.717, 1.165) is 0 Å². The van der Waals surface area contributed by atoms with Gasteiger partial charge in [0.05, 0.1) is 0 Å². The van der Waals surface area contributed by atoms with E-state index >= 15 is 0 Å². The highest BCUT2D eigenvalue weighted by atomic mass is 14.2. The van der Waals surface area contributed by atoms with Crippen LogP contribution in [0.25, 0.3) is 0 Å². The summed E-state index contributed by atoms with van der Waals surface area (Å²) in [4.78, 5) is 0. The predicted molar refractivity (Wildman–Crippen MR) is 68.8 cm³/mol. The summed E-state index contributed by atoms with van der Waals surface area (Å²) < 4.78 is 0. The third-order valence-electron chi connectivity index (χ3n) is 3.25. The molecule has 84 valence electrons. The van der Waals surface area contributed by atoms with Crippen molar-refractivity contribution in [2.75, 3.05) is 0 Å². The van der Waals surface area contributed by atoms with Gasteiger partial charge in [-0.1, -0.05) is 33.8 Å². The fraction of sp³-hybridized carbons (Fsp3) is 0.600. The smallest absolute Gasteiger partial charge is 0.0213 e. The van der Waals surface area contributed by atoms with Gasteiger partial charge >= 0.3 is 0 Å². The van der Waals surface area contributed by atoms with E-state index in [4.69, 9.17) is 0 Å². The Bertz CT molecular complexity index is 325. The van der Waals surface area contributed by atoms with Crippen molar-refractivity contribution in [1.82, 2.24) is 0 Å². The Labute approximate surface area is 94.7 Å². The predicted octanol–water partition coefficient (Wildman–Crippen LogP) is 4.86. The molecule has 1 rings (SSSR count). The normalized spacial score (nSPS) is 11.5. The lowest BCUT2D eigenvalue weighted by molar-refractivity contribution is 0.803. The molecule has 0 saturated carbocycles. The first-order valence-electron chi connectivity index (χ1n) is 5.96. The molecule has 0 radical (unpaired) electrons. The summed E-state index contributed by atoms with van der Waals surface area (Å²) in [5.74, 6) is 1.26. The molecule has 1 aromatic carbocycles. The summed E-state index contributed by atoms with van der Waals surface area (Å²) in [7, 11) is 0. The Kier molecular flexibility index (Phi) is 3.59. The maximum Gasteiger partial charge on any atom is -0.0213 e. The molecule has 0 aliphatic heterocycles. The van der Waals surface area contributed by atoms with E-state index in [-0.39, 0.29) is 0 Å². The SMILES string of the molecule is Cc1cc(C)c(C(C)C)c(C)c1C(C)C. The first kappa shape index (κ1) is 12.3. The van der Waals surface area contributed by atoms with Gasteiger partial charge in [0.25, 0.3) is 0 Å². The summed E-state index contributed by atoms with van der Waals surface area (Å²) in [6, 6.07) is 2.34. The molecule has 0 atom stereocenters. The lowest BCUT2D eigenvalue weighted by Crippen LogP contribution is -2.04. The number of hydrogen-bond donors (Lipinski definition) is 0. The van der Waals surface area contributed by atoms with Crippen LogP contribution in [0.15, 0.2) is 6.07 Å². The van der Waals surface area contributed by atoms with Crippen LogP contribution >= 0.6 is 0 Å². The molecule has 0 aromatic heterocycles. The van der Waals surface area contributed by atoms with Gasteiger partial charge in [-0.2, -0.15) is 0 Å². The molecule has 0 bridgehead atoms. The maximum atomic E-state index is 2.34. The first-order valence-corrected chi connectivity index (χ1v) is 5.96. The Hall–Kier alpha value is -0.780. The molecule has 0 amide bonds. The number of benzene rings is 1. The Morgan fingerprint density at radius 3 is 1.33 bits per heavy atom. The lowest BCUT2D eigenvalue weighted by atomic mass is 9.84. The van der Waals surface area contributed by atoms with E-state index in [1.165, 1.54) is 16.7 Å². The fourth-order valence-electron chi connectivity index (χ4n) is 2.99. The van der Waals surface area contributed by atoms with Gasteiger partial charge in [0, 0.05) is 0 Å². The van der Waals surface area contributed by atoms with Crippen molar-refractivity contribution < 1.29 is 0 Å². The van der Waals surface area contributed by atoms with Crippen molar-refractivity contribution >= 4 is 0 Å². The average molecular weight is 204 g/mol. The molecule has 0 heterocycles. The maximum absolute atomic E-state index is 2.34. The van der Waals surface area contributed by atoms with Crippen molar-refractivity contribution in [2.24, 2.45) is 0 Å². The fourth-order valence-corrected chi connectivity index (χ4v) is 2.99. The summed E-state index contributed by atoms with van der Waals surface area (Å²) in [5.41, 5.74) is 7.50. The van der Waals surface area contributed by atoms with E-state index in [1.54, 1.807) is 11.1 Å². The molecule has 1 aromatic rings. The van der Waals surface area contributed by atoms with E-state index in [9.17, 15) is 0 Å². The van der Waals surface area contributed by atoms with Crippen LogP contribution in [-0.2, 0) is 0 Å². The summed E-state index contributed by atoms with van der Waals surface area (Å²) in [6.07, 6.45) is 0. The first-order chi connectivity index (χ1) is 6.86. The zero-order valence-electron chi connectivity index (χ0n) is 11.2. The Morgan fingerprint density at radius 2 is 1.07 bits per heavy atom. The number of hydrogen-bond acceptors (Lipinski definition) is 0. The summed E-state index contributed by atoms with van der Waals surface area (Å²) in [5, 5.41) is 0. The highest BCUT2D eigenvalue weighted by molar-refractivity contribution is 5.47. The highest BCUT2D eigenvalue weighted by Gasteiger charge is 2.15. The topological polar surface area (TPSA) is 0 Å². The van der Waals surface area contributed by atoms with Crippen molar-refractivity contribution in [3.63, 3.8) is 0 Å². The van der Waals surface area contributed by atoms with E-state index < -0.39 is 0 Å². The Morgan fingerprint density at radius 1 is 0.733 bits per heavy atom. The van der Waals surface area contributed by atoms with Crippen LogP contribution in [0.2, 0.25) is 0 Å². The molecular formula is C15H24. The van der Waals surface area contributed by atoms with Gasteiger partial charge < -0.3 is 0 Å². The molecule has 0 heteroatoms. The highest BCUT2D eigenvalue weighted by Crippen LogP contribution is 2.32. The molecule has 0 spiro atoms. The van der Waals surface area contributed by atoms with Crippen LogP contribution in [0.1, 0.15) is 67.3 Å². The van der Waals surface area contributed by atoms with Crippen molar-refractivity contribution in [1.29, 1.82) is 0 Å². The number of rotatable bonds is 2. The third kappa shape index (κ3) is 2.25. The van der Waals surface area contributed by atoms with Gasteiger partial charge in [0.2, 0.25) is 0 Å². The molecule has 0 aliphatic carbocycles. The third-order valence-corrected chi connectivity index (χ3v) is 3.25. The Balaban J connectivity index is 3.49. The molecule has 0 fully saturated rings. The lowest BCUT2D eigenvalue weighted by Gasteiger charge is -2.21. The van der Waals surface area contributed by atoms with E-state index in [1.807, 2.05) is 0 Å². The van der Waals surface area contributed by atoms with Gasteiger partial charge in [0.15, 0.2) is 0 Å². The standard InChI is InChI=1S/C15H24/c1-9(2)14-11(5)8-12(6)15(10(3)4)13(14)7/h8-10H,1-7H3. The van der Waals surface area contributed by atoms with Gasteiger partial charge in [-0.25, -0.2) is 0 Å². The zero-order chi connectivity index (χ0) is 11.7. The van der Waals surface area contributed by atoms with E-state index in [0.29, 0.717) is 11.8 Å². The quantitative estimate of drug-likeness (QED) is 0.645. The minimum Gasteiger partial charge on any atom is -0.0587 e. The van der Waals surface area contributed by atoms with Gasteiger partial charge in [-0.3, -0.25) is 0 Å². The van der Waals surface area contributed by atoms with E-state index in [2.05, 4.69) is 54.5 Å².